The van der Waals surface area contributed by atoms with E-state index in [2.05, 4.69) is 116 Å². The second-order valence-electron chi connectivity index (χ2n) is 19.0. The highest BCUT2D eigenvalue weighted by atomic mass is 31.2. The first-order valence-corrected chi connectivity index (χ1v) is 28.2. The quantitative estimate of drug-likeness (QED) is 0.0207. The monoisotopic (exact) mass is 958 g/mol. The minimum Gasteiger partial charge on any atom is -0.390 e. The van der Waals surface area contributed by atoms with Crippen LogP contribution in [0.2, 0.25) is 0 Å². The smallest absolute Gasteiger partial charge is 0.390 e. The fourth-order valence-electron chi connectivity index (χ4n) is 7.22. The Morgan fingerprint density at radius 3 is 1.36 bits per heavy atom. The number of phosphoric ester groups is 1. The molecule has 0 aromatic carbocycles. The van der Waals surface area contributed by atoms with E-state index in [4.69, 9.17) is 9.05 Å². The zero-order valence-corrected chi connectivity index (χ0v) is 44.4. The maximum Gasteiger partial charge on any atom is 0.472 e. The molecule has 0 aromatic heterocycles. The largest absolute Gasteiger partial charge is 0.472 e. The van der Waals surface area contributed by atoms with E-state index in [1.165, 1.54) is 57.8 Å². The van der Waals surface area contributed by atoms with Crippen LogP contribution in [-0.2, 0) is 18.4 Å². The summed E-state index contributed by atoms with van der Waals surface area (Å²) in [5, 5.41) is 24.8. The summed E-state index contributed by atoms with van der Waals surface area (Å²) in [6.45, 7) is 4.46. The van der Waals surface area contributed by atoms with Crippen molar-refractivity contribution in [1.82, 2.24) is 5.32 Å². The Morgan fingerprint density at radius 2 is 0.925 bits per heavy atom. The molecular weight excluding hydrogens is 856 g/mol. The number of carbonyl (C=O) groups excluding carboxylic acids is 1. The average Bonchev–Trinajstić information content (AvgIpc) is 3.29. The van der Waals surface area contributed by atoms with Gasteiger partial charge in [0, 0.05) is 6.42 Å². The second kappa shape index (κ2) is 47.1. The molecule has 0 saturated carbocycles. The molecule has 67 heavy (non-hydrogen) atoms. The van der Waals surface area contributed by atoms with Crippen LogP contribution in [0.4, 0.5) is 0 Å². The highest BCUT2D eigenvalue weighted by molar-refractivity contribution is 7.47. The van der Waals surface area contributed by atoms with Crippen LogP contribution in [0.1, 0.15) is 200 Å². The first kappa shape index (κ1) is 64.4. The number of hydrogen-bond donors (Lipinski definition) is 4. The molecule has 0 heterocycles. The third-order valence-corrected chi connectivity index (χ3v) is 12.4. The molecule has 0 fully saturated rings. The zero-order chi connectivity index (χ0) is 49.4. The molecule has 4 atom stereocenters. The van der Waals surface area contributed by atoms with Gasteiger partial charge in [0.15, 0.2) is 0 Å². The predicted octanol–water partition coefficient (Wildman–Crippen LogP) is 14.8. The van der Waals surface area contributed by atoms with Crippen LogP contribution >= 0.6 is 7.82 Å². The molecule has 0 bridgehead atoms. The lowest BCUT2D eigenvalue weighted by molar-refractivity contribution is -0.870. The van der Waals surface area contributed by atoms with Crippen molar-refractivity contribution in [3.8, 4) is 0 Å². The van der Waals surface area contributed by atoms with Crippen LogP contribution in [0.3, 0.4) is 0 Å². The van der Waals surface area contributed by atoms with Crippen molar-refractivity contribution in [3.63, 3.8) is 0 Å². The number of phosphoric acid groups is 1. The van der Waals surface area contributed by atoms with Crippen molar-refractivity contribution >= 4 is 13.7 Å². The molecule has 0 aliphatic carbocycles. The van der Waals surface area contributed by atoms with Crippen LogP contribution in [0.25, 0.3) is 0 Å². The predicted molar refractivity (Wildman–Crippen MR) is 287 cm³/mol. The first-order chi connectivity index (χ1) is 32.4. The molecule has 1 amide bonds. The van der Waals surface area contributed by atoms with Gasteiger partial charge in [0.2, 0.25) is 5.91 Å². The Morgan fingerprint density at radius 1 is 0.537 bits per heavy atom. The van der Waals surface area contributed by atoms with E-state index in [1.54, 1.807) is 0 Å². The summed E-state index contributed by atoms with van der Waals surface area (Å²) >= 11 is 0. The number of amides is 1. The summed E-state index contributed by atoms with van der Waals surface area (Å²) in [6.07, 6.45) is 63.3. The lowest BCUT2D eigenvalue weighted by atomic mass is 9.99. The first-order valence-electron chi connectivity index (χ1n) is 26.7. The van der Waals surface area contributed by atoms with Gasteiger partial charge in [0.05, 0.1) is 39.9 Å². The Bertz CT molecular complexity index is 1430. The molecule has 386 valence electrons. The van der Waals surface area contributed by atoms with Crippen LogP contribution in [0.5, 0.6) is 0 Å². The standard InChI is InChI=1S/C57H101N2O7P/c1-6-8-10-12-14-16-18-20-21-22-23-24-25-26-27-28-29-30-31-32-33-34-35-36-37-38-40-42-44-46-48-50-56(61)58-54(53-66-67(63,64)65-52-51-59(3,4)5)57(62)55(60)49-47-45-43-41-39-19-17-15-13-11-9-7-2/h8,10,14,16,20-21,23-24,26-27,29-30,32-33,35-36,54-55,57,60,62H,6-7,9,11-13,15,17-19,22,25,28,31,34,37-53H2,1-5H3,(H-,58,61,63,64)/p+1/b10-8-,16-14-,21-20-,24-23-,27-26-,30-29-,33-32-,36-35-. The number of carbonyl (C=O) groups is 1. The van der Waals surface area contributed by atoms with Gasteiger partial charge in [-0.1, -0.05) is 214 Å². The number of nitrogens with zero attached hydrogens (tertiary/aromatic N) is 1. The molecule has 4 unspecified atom stereocenters. The van der Waals surface area contributed by atoms with Crippen LogP contribution in [-0.4, -0.2) is 84.6 Å². The topological polar surface area (TPSA) is 125 Å². The number of nitrogens with one attached hydrogen (secondary N) is 1. The van der Waals surface area contributed by atoms with Gasteiger partial charge >= 0.3 is 7.82 Å². The van der Waals surface area contributed by atoms with Crippen molar-refractivity contribution < 1.29 is 38.0 Å². The molecule has 0 saturated heterocycles. The highest BCUT2D eigenvalue weighted by Gasteiger charge is 2.31. The molecular formula is C57H102N2O7P+. The molecule has 0 aliphatic heterocycles. The van der Waals surface area contributed by atoms with E-state index in [9.17, 15) is 24.5 Å². The second-order valence-corrected chi connectivity index (χ2v) is 20.5. The van der Waals surface area contributed by atoms with Crippen LogP contribution in [0, 0.1) is 0 Å². The Balaban J connectivity index is 4.32. The van der Waals surface area contributed by atoms with Gasteiger partial charge < -0.3 is 24.9 Å². The van der Waals surface area contributed by atoms with Gasteiger partial charge in [-0.25, -0.2) is 4.57 Å². The number of rotatable bonds is 47. The van der Waals surface area contributed by atoms with E-state index in [0.29, 0.717) is 23.9 Å². The van der Waals surface area contributed by atoms with Gasteiger partial charge in [-0.3, -0.25) is 13.8 Å². The number of hydrogen-bond acceptors (Lipinski definition) is 6. The number of likely N-dealkylation sites (N-methyl/N-ethyl adjacent to an activating group) is 1. The third kappa shape index (κ3) is 48.2. The number of aliphatic hydroxyl groups is 2. The Kier molecular flexibility index (Phi) is 45.2. The lowest BCUT2D eigenvalue weighted by Gasteiger charge is -2.28. The fraction of sp³-hybridized carbons (Fsp3) is 0.702. The molecule has 0 aliphatic rings. The van der Waals surface area contributed by atoms with Crippen molar-refractivity contribution in [2.75, 3.05) is 40.9 Å². The Hall–Kier alpha value is -2.62. The number of allylic oxidation sites excluding steroid dienone is 16. The maximum atomic E-state index is 13.0. The number of aliphatic hydroxyl groups excluding tert-OH is 2. The fourth-order valence-corrected chi connectivity index (χ4v) is 7.95. The summed E-state index contributed by atoms with van der Waals surface area (Å²) in [4.78, 5) is 23.3. The van der Waals surface area contributed by atoms with Crippen molar-refractivity contribution in [2.24, 2.45) is 0 Å². The van der Waals surface area contributed by atoms with E-state index < -0.39 is 32.7 Å². The van der Waals surface area contributed by atoms with Gasteiger partial charge in [-0.05, 0) is 77.0 Å². The maximum absolute atomic E-state index is 13.0. The molecule has 9 nitrogen and oxygen atoms in total. The average molecular weight is 958 g/mol. The molecule has 0 spiro atoms. The third-order valence-electron chi connectivity index (χ3n) is 11.4. The zero-order valence-electron chi connectivity index (χ0n) is 43.5. The number of unbranched alkanes of at least 4 members (excludes halogenated alkanes) is 17. The molecule has 0 radical (unpaired) electrons. The summed E-state index contributed by atoms with van der Waals surface area (Å²) in [6, 6.07) is -1.05. The SMILES string of the molecule is CC/C=C\C/C=C\C/C=C\C/C=C\C/C=C\C/C=C\C/C=C\C/C=C\CCCCCCCCC(=O)NC(COP(=O)(O)OCC[N+](C)(C)C)C(O)C(O)CCCCCCCCCCCCCC. The van der Waals surface area contributed by atoms with Crippen molar-refractivity contribution in [2.45, 2.75) is 218 Å². The summed E-state index contributed by atoms with van der Waals surface area (Å²) in [5.41, 5.74) is 0. The van der Waals surface area contributed by atoms with E-state index in [1.807, 2.05) is 21.1 Å². The van der Waals surface area contributed by atoms with Crippen LogP contribution < -0.4 is 5.32 Å². The Labute approximate surface area is 411 Å². The number of quaternary nitrogens is 1. The highest BCUT2D eigenvalue weighted by Crippen LogP contribution is 2.43. The minimum absolute atomic E-state index is 0.0135. The minimum atomic E-state index is -4.43. The molecule has 0 aromatic rings. The summed E-state index contributed by atoms with van der Waals surface area (Å²) < 4.78 is 23.6. The van der Waals surface area contributed by atoms with Gasteiger partial charge in [0.25, 0.3) is 0 Å². The van der Waals surface area contributed by atoms with Gasteiger partial charge in [-0.15, -0.1) is 0 Å². The summed E-state index contributed by atoms with van der Waals surface area (Å²) in [5.74, 6) is -0.277. The normalized spacial score (nSPS) is 15.3. The lowest BCUT2D eigenvalue weighted by Crippen LogP contribution is -2.51. The van der Waals surface area contributed by atoms with Crippen molar-refractivity contribution in [3.05, 3.63) is 97.2 Å². The molecule has 0 rings (SSSR count). The van der Waals surface area contributed by atoms with Gasteiger partial charge in [-0.2, -0.15) is 0 Å². The molecule has 10 heteroatoms. The van der Waals surface area contributed by atoms with E-state index >= 15 is 0 Å². The summed E-state index contributed by atoms with van der Waals surface area (Å²) in [7, 11) is 1.41. The van der Waals surface area contributed by atoms with E-state index in [-0.39, 0.29) is 18.9 Å². The van der Waals surface area contributed by atoms with Crippen LogP contribution in [0.15, 0.2) is 97.2 Å². The van der Waals surface area contributed by atoms with Gasteiger partial charge in [0.1, 0.15) is 19.3 Å². The van der Waals surface area contributed by atoms with E-state index in [0.717, 1.165) is 109 Å². The molecule has 4 N–H and O–H groups in total. The van der Waals surface area contributed by atoms with Crippen molar-refractivity contribution in [1.29, 1.82) is 0 Å².